The van der Waals surface area contributed by atoms with Crippen LogP contribution in [0.15, 0.2) is 84.9 Å². The molecule has 6 aromatic rings. The van der Waals surface area contributed by atoms with Crippen molar-refractivity contribution in [3.8, 4) is 11.3 Å². The standard InChI is InChI=1S/C30H23F3N6O/c1-18-28(19(2)38(36-18)17-20-8-4-3-5-9-20)35-29(40)25-16-27-34-24(15-26(30(31,32)33)39(27)37-25)23-13-12-21-10-6-7-11-22(21)14-23/h3-16H,17H2,1-2H3,(H,35,40). The summed E-state index contributed by atoms with van der Waals surface area (Å²) >= 11 is 0. The molecule has 1 N–H and O–H groups in total. The monoisotopic (exact) mass is 540 g/mol. The molecule has 0 aliphatic carbocycles. The third-order valence-electron chi connectivity index (χ3n) is 6.79. The fourth-order valence-electron chi connectivity index (χ4n) is 4.75. The summed E-state index contributed by atoms with van der Waals surface area (Å²) in [5.41, 5.74) is 2.17. The molecule has 3 heterocycles. The van der Waals surface area contributed by atoms with Crippen LogP contribution in [0.1, 0.15) is 33.1 Å². The first-order valence-corrected chi connectivity index (χ1v) is 12.5. The molecule has 3 aromatic carbocycles. The molecule has 0 aliphatic heterocycles. The number of nitrogens with zero attached hydrogens (tertiary/aromatic N) is 5. The summed E-state index contributed by atoms with van der Waals surface area (Å²) in [4.78, 5) is 17.6. The predicted molar refractivity (Wildman–Crippen MR) is 146 cm³/mol. The third-order valence-corrected chi connectivity index (χ3v) is 6.79. The number of anilines is 1. The topological polar surface area (TPSA) is 77.1 Å². The Balaban J connectivity index is 1.35. The van der Waals surface area contributed by atoms with Gasteiger partial charge in [-0.2, -0.15) is 23.4 Å². The van der Waals surface area contributed by atoms with Crippen LogP contribution in [-0.4, -0.2) is 30.3 Å². The first-order chi connectivity index (χ1) is 19.2. The third kappa shape index (κ3) is 4.68. The molecular formula is C30H23F3N6O. The Kier molecular flexibility index (Phi) is 6.10. The van der Waals surface area contributed by atoms with E-state index in [4.69, 9.17) is 0 Å². The number of carbonyl (C=O) groups excluding carboxylic acids is 1. The van der Waals surface area contributed by atoms with Gasteiger partial charge >= 0.3 is 6.18 Å². The quantitative estimate of drug-likeness (QED) is 0.265. The van der Waals surface area contributed by atoms with Gasteiger partial charge in [0.15, 0.2) is 17.0 Å². The van der Waals surface area contributed by atoms with Crippen molar-refractivity contribution in [3.05, 3.63) is 113 Å². The highest BCUT2D eigenvalue weighted by Gasteiger charge is 2.36. The van der Waals surface area contributed by atoms with Crippen LogP contribution in [0.5, 0.6) is 0 Å². The number of fused-ring (bicyclic) bond motifs is 2. The maximum Gasteiger partial charge on any atom is 0.433 e. The van der Waals surface area contributed by atoms with Gasteiger partial charge in [-0.1, -0.05) is 66.7 Å². The summed E-state index contributed by atoms with van der Waals surface area (Å²) in [7, 11) is 0. The van der Waals surface area contributed by atoms with E-state index in [1.165, 1.54) is 6.07 Å². The minimum atomic E-state index is -4.72. The Morgan fingerprint density at radius 1 is 0.875 bits per heavy atom. The Bertz CT molecular complexity index is 1890. The van der Waals surface area contributed by atoms with E-state index >= 15 is 0 Å². The summed E-state index contributed by atoms with van der Waals surface area (Å²) in [6, 6.07) is 24.9. The number of rotatable bonds is 5. The number of benzene rings is 3. The van der Waals surface area contributed by atoms with Gasteiger partial charge in [0.05, 0.1) is 29.3 Å². The van der Waals surface area contributed by atoms with Gasteiger partial charge in [-0.15, -0.1) is 0 Å². The lowest BCUT2D eigenvalue weighted by Gasteiger charge is -2.11. The van der Waals surface area contributed by atoms with Crippen molar-refractivity contribution in [2.75, 3.05) is 5.32 Å². The first kappa shape index (κ1) is 25.3. The molecule has 0 radical (unpaired) electrons. The molecule has 1 amide bonds. The van der Waals surface area contributed by atoms with Gasteiger partial charge in [-0.3, -0.25) is 9.48 Å². The lowest BCUT2D eigenvalue weighted by molar-refractivity contribution is -0.142. The maximum atomic E-state index is 14.1. The fourth-order valence-corrected chi connectivity index (χ4v) is 4.75. The van der Waals surface area contributed by atoms with Crippen LogP contribution in [0.3, 0.4) is 0 Å². The minimum absolute atomic E-state index is 0.0867. The lowest BCUT2D eigenvalue weighted by Crippen LogP contribution is -2.16. The van der Waals surface area contributed by atoms with Crippen molar-refractivity contribution < 1.29 is 18.0 Å². The minimum Gasteiger partial charge on any atom is -0.317 e. The van der Waals surface area contributed by atoms with Crippen LogP contribution >= 0.6 is 0 Å². The van der Waals surface area contributed by atoms with Gasteiger partial charge < -0.3 is 5.32 Å². The second-order valence-electron chi connectivity index (χ2n) is 9.53. The van der Waals surface area contributed by atoms with Crippen LogP contribution in [0.4, 0.5) is 18.9 Å². The van der Waals surface area contributed by atoms with Gasteiger partial charge in [-0.25, -0.2) is 9.50 Å². The van der Waals surface area contributed by atoms with Gasteiger partial charge in [0.25, 0.3) is 5.91 Å². The number of hydrogen-bond donors (Lipinski definition) is 1. The number of aryl methyl sites for hydroxylation is 1. The summed E-state index contributed by atoms with van der Waals surface area (Å²) in [5.74, 6) is -0.656. The summed E-state index contributed by atoms with van der Waals surface area (Å²) in [6.07, 6.45) is -4.72. The molecule has 7 nitrogen and oxygen atoms in total. The Labute approximate surface area is 226 Å². The number of nitrogens with one attached hydrogen (secondary N) is 1. The normalized spacial score (nSPS) is 11.8. The SMILES string of the molecule is Cc1nn(Cc2ccccc2)c(C)c1NC(=O)c1cc2nc(-c3ccc4ccccc4c3)cc(C(F)(F)F)n2n1. The average molecular weight is 541 g/mol. The molecule has 3 aromatic heterocycles. The zero-order valence-corrected chi connectivity index (χ0v) is 21.6. The van der Waals surface area contributed by atoms with E-state index in [0.29, 0.717) is 33.7 Å². The van der Waals surface area contributed by atoms with E-state index in [1.54, 1.807) is 23.7 Å². The molecule has 0 saturated carbocycles. The zero-order valence-electron chi connectivity index (χ0n) is 21.6. The van der Waals surface area contributed by atoms with E-state index in [0.717, 1.165) is 22.4 Å². The molecule has 0 fully saturated rings. The zero-order chi connectivity index (χ0) is 28.0. The highest BCUT2D eigenvalue weighted by atomic mass is 19.4. The van der Waals surface area contributed by atoms with Crippen molar-refractivity contribution in [2.24, 2.45) is 0 Å². The molecule has 0 atom stereocenters. The fraction of sp³-hybridized carbons (Fsp3) is 0.133. The van der Waals surface area contributed by atoms with Gasteiger partial charge in [0.1, 0.15) is 0 Å². The Morgan fingerprint density at radius 3 is 2.35 bits per heavy atom. The van der Waals surface area contributed by atoms with Gasteiger partial charge in [0.2, 0.25) is 0 Å². The molecule has 0 bridgehead atoms. The maximum absolute atomic E-state index is 14.1. The average Bonchev–Trinajstić information content (AvgIpc) is 3.49. The van der Waals surface area contributed by atoms with Crippen LogP contribution < -0.4 is 5.32 Å². The predicted octanol–water partition coefficient (Wildman–Crippen LogP) is 6.68. The van der Waals surface area contributed by atoms with Gasteiger partial charge in [-0.05, 0) is 42.3 Å². The number of halogens is 3. The number of amides is 1. The van der Waals surface area contributed by atoms with Crippen LogP contribution in [-0.2, 0) is 12.7 Å². The summed E-state index contributed by atoms with van der Waals surface area (Å²) in [6.45, 7) is 4.09. The summed E-state index contributed by atoms with van der Waals surface area (Å²) in [5, 5.41) is 13.1. The molecule has 0 aliphatic rings. The molecular weight excluding hydrogens is 517 g/mol. The second kappa shape index (κ2) is 9.64. The molecule has 40 heavy (non-hydrogen) atoms. The van der Waals surface area contributed by atoms with Crippen LogP contribution in [0.2, 0.25) is 0 Å². The highest BCUT2D eigenvalue weighted by Crippen LogP contribution is 2.33. The number of aromatic nitrogens is 5. The number of hydrogen-bond acceptors (Lipinski definition) is 4. The second-order valence-corrected chi connectivity index (χ2v) is 9.53. The van der Waals surface area contributed by atoms with E-state index in [1.807, 2.05) is 67.6 Å². The first-order valence-electron chi connectivity index (χ1n) is 12.5. The molecule has 0 spiro atoms. The number of carbonyl (C=O) groups is 1. The van der Waals surface area contributed by atoms with Crippen molar-refractivity contribution >= 4 is 28.0 Å². The van der Waals surface area contributed by atoms with E-state index in [-0.39, 0.29) is 17.0 Å². The van der Waals surface area contributed by atoms with Crippen molar-refractivity contribution in [3.63, 3.8) is 0 Å². The van der Waals surface area contributed by atoms with E-state index in [2.05, 4.69) is 20.5 Å². The van der Waals surface area contributed by atoms with Gasteiger partial charge in [0, 0.05) is 11.6 Å². The molecule has 0 unspecified atom stereocenters. The van der Waals surface area contributed by atoms with Crippen molar-refractivity contribution in [1.29, 1.82) is 0 Å². The molecule has 200 valence electrons. The molecule has 0 saturated heterocycles. The lowest BCUT2D eigenvalue weighted by atomic mass is 10.0. The smallest absolute Gasteiger partial charge is 0.317 e. The van der Waals surface area contributed by atoms with Crippen molar-refractivity contribution in [2.45, 2.75) is 26.6 Å². The highest BCUT2D eigenvalue weighted by molar-refractivity contribution is 6.04. The Morgan fingerprint density at radius 2 is 1.60 bits per heavy atom. The molecule has 10 heteroatoms. The molecule has 6 rings (SSSR count). The Hall–Kier alpha value is -4.99. The van der Waals surface area contributed by atoms with E-state index in [9.17, 15) is 18.0 Å². The van der Waals surface area contributed by atoms with E-state index < -0.39 is 17.8 Å². The number of alkyl halides is 3. The van der Waals surface area contributed by atoms with Crippen molar-refractivity contribution in [1.82, 2.24) is 24.4 Å². The summed E-state index contributed by atoms with van der Waals surface area (Å²) < 4.78 is 44.8. The van der Waals surface area contributed by atoms with Crippen LogP contribution in [0.25, 0.3) is 27.7 Å². The van der Waals surface area contributed by atoms with Crippen LogP contribution in [0, 0.1) is 13.8 Å². The largest absolute Gasteiger partial charge is 0.433 e.